The Balaban J connectivity index is 2.12. The highest BCUT2D eigenvalue weighted by molar-refractivity contribution is 5.33. The van der Waals surface area contributed by atoms with Gasteiger partial charge in [-0.2, -0.15) is 0 Å². The van der Waals surface area contributed by atoms with Gasteiger partial charge >= 0.3 is 0 Å². The van der Waals surface area contributed by atoms with E-state index < -0.39 is 0 Å². The van der Waals surface area contributed by atoms with Crippen molar-refractivity contribution in [1.29, 1.82) is 0 Å². The molecule has 106 valence electrons. The third-order valence-electron chi connectivity index (χ3n) is 5.01. The van der Waals surface area contributed by atoms with Gasteiger partial charge in [-0.3, -0.25) is 0 Å². The predicted molar refractivity (Wildman–Crippen MR) is 83.5 cm³/mol. The Morgan fingerprint density at radius 3 is 2.37 bits per heavy atom. The minimum atomic E-state index is 0.540. The molecule has 0 saturated heterocycles. The Morgan fingerprint density at radius 2 is 1.84 bits per heavy atom. The highest BCUT2D eigenvalue weighted by Gasteiger charge is 2.27. The van der Waals surface area contributed by atoms with Gasteiger partial charge in [0.2, 0.25) is 0 Å². The zero-order chi connectivity index (χ0) is 13.8. The highest BCUT2D eigenvalue weighted by Crippen LogP contribution is 2.38. The van der Waals surface area contributed by atoms with Crippen LogP contribution < -0.4 is 5.32 Å². The maximum Gasteiger partial charge on any atom is 0.0348 e. The molecule has 1 nitrogen and oxygen atoms in total. The third kappa shape index (κ3) is 3.39. The fourth-order valence-corrected chi connectivity index (χ4v) is 3.75. The second-order valence-corrected chi connectivity index (χ2v) is 6.32. The van der Waals surface area contributed by atoms with Crippen LogP contribution in [0.2, 0.25) is 0 Å². The summed E-state index contributed by atoms with van der Waals surface area (Å²) in [4.78, 5) is 0. The molecule has 19 heavy (non-hydrogen) atoms. The van der Waals surface area contributed by atoms with Crippen molar-refractivity contribution < 1.29 is 0 Å². The molecule has 1 N–H and O–H groups in total. The highest BCUT2D eigenvalue weighted by atomic mass is 14.9. The Hall–Kier alpha value is -0.820. The smallest absolute Gasteiger partial charge is 0.0348 e. The molecule has 0 heterocycles. The van der Waals surface area contributed by atoms with Gasteiger partial charge in [-0.25, -0.2) is 0 Å². The van der Waals surface area contributed by atoms with Crippen molar-refractivity contribution in [1.82, 2.24) is 5.32 Å². The number of hydrogen-bond donors (Lipinski definition) is 1. The summed E-state index contributed by atoms with van der Waals surface area (Å²) in [5.74, 6) is 1.79. The van der Waals surface area contributed by atoms with Gasteiger partial charge in [0.25, 0.3) is 0 Å². The Labute approximate surface area is 118 Å². The second-order valence-electron chi connectivity index (χ2n) is 6.32. The van der Waals surface area contributed by atoms with E-state index in [9.17, 15) is 0 Å². The molecule has 1 aromatic carbocycles. The molecule has 0 aliphatic heterocycles. The zero-order valence-corrected chi connectivity index (χ0v) is 13.0. The molecule has 1 atom stereocenters. The molecule has 1 aliphatic carbocycles. The Kier molecular flexibility index (Phi) is 5.04. The number of nitrogens with one attached hydrogen (secondary N) is 1. The summed E-state index contributed by atoms with van der Waals surface area (Å²) in [5, 5.41) is 3.58. The standard InChI is InChI=1S/C18H29N/c1-5-15-7-9-16(10-8-15)18(19-4)17-11-6-13(2)12-14(17)3/h6,11-12,15-16,18-19H,5,7-10H2,1-4H3. The minimum absolute atomic E-state index is 0.540. The molecule has 1 saturated carbocycles. The Morgan fingerprint density at radius 1 is 1.16 bits per heavy atom. The van der Waals surface area contributed by atoms with E-state index in [1.54, 1.807) is 0 Å². The fourth-order valence-electron chi connectivity index (χ4n) is 3.75. The summed E-state index contributed by atoms with van der Waals surface area (Å²) in [6, 6.07) is 7.44. The number of benzene rings is 1. The zero-order valence-electron chi connectivity index (χ0n) is 13.0. The first kappa shape index (κ1) is 14.6. The van der Waals surface area contributed by atoms with E-state index in [-0.39, 0.29) is 0 Å². The molecular formula is C18H29N. The molecule has 1 heteroatoms. The molecule has 1 aliphatic rings. The normalized spacial score (nSPS) is 25.3. The van der Waals surface area contributed by atoms with E-state index in [0.717, 1.165) is 11.8 Å². The maximum absolute atomic E-state index is 3.58. The lowest BCUT2D eigenvalue weighted by molar-refractivity contribution is 0.224. The van der Waals surface area contributed by atoms with Crippen molar-refractivity contribution >= 4 is 0 Å². The van der Waals surface area contributed by atoms with Gasteiger partial charge in [-0.1, -0.05) is 49.9 Å². The first-order chi connectivity index (χ1) is 9.15. The summed E-state index contributed by atoms with van der Waals surface area (Å²) in [5.41, 5.74) is 4.32. The average Bonchev–Trinajstić information content (AvgIpc) is 2.42. The summed E-state index contributed by atoms with van der Waals surface area (Å²) < 4.78 is 0. The molecular weight excluding hydrogens is 230 g/mol. The summed E-state index contributed by atoms with van der Waals surface area (Å²) in [6.07, 6.45) is 6.98. The summed E-state index contributed by atoms with van der Waals surface area (Å²) >= 11 is 0. The monoisotopic (exact) mass is 259 g/mol. The van der Waals surface area contributed by atoms with Crippen LogP contribution in [0.5, 0.6) is 0 Å². The van der Waals surface area contributed by atoms with Crippen molar-refractivity contribution in [3.63, 3.8) is 0 Å². The molecule has 0 aromatic heterocycles. The lowest BCUT2D eigenvalue weighted by Crippen LogP contribution is -2.29. The van der Waals surface area contributed by atoms with E-state index in [1.807, 2.05) is 0 Å². The number of hydrogen-bond acceptors (Lipinski definition) is 1. The fraction of sp³-hybridized carbons (Fsp3) is 0.667. The summed E-state index contributed by atoms with van der Waals surface area (Å²) in [6.45, 7) is 6.77. The van der Waals surface area contributed by atoms with Gasteiger partial charge in [0, 0.05) is 6.04 Å². The van der Waals surface area contributed by atoms with Gasteiger partial charge in [-0.15, -0.1) is 0 Å². The molecule has 0 spiro atoms. The Bertz CT molecular complexity index is 402. The van der Waals surface area contributed by atoms with Crippen LogP contribution in [0.4, 0.5) is 0 Å². The van der Waals surface area contributed by atoms with Crippen LogP contribution in [0.3, 0.4) is 0 Å². The van der Waals surface area contributed by atoms with Crippen LogP contribution in [0.1, 0.15) is 61.8 Å². The van der Waals surface area contributed by atoms with Gasteiger partial charge in [-0.05, 0) is 56.7 Å². The van der Waals surface area contributed by atoms with Crippen LogP contribution in [-0.4, -0.2) is 7.05 Å². The van der Waals surface area contributed by atoms with Gasteiger partial charge < -0.3 is 5.32 Å². The number of aryl methyl sites for hydroxylation is 2. The van der Waals surface area contributed by atoms with Crippen molar-refractivity contribution in [3.8, 4) is 0 Å². The van der Waals surface area contributed by atoms with Crippen molar-refractivity contribution in [2.75, 3.05) is 7.05 Å². The van der Waals surface area contributed by atoms with Crippen LogP contribution in [-0.2, 0) is 0 Å². The van der Waals surface area contributed by atoms with Crippen LogP contribution >= 0.6 is 0 Å². The largest absolute Gasteiger partial charge is 0.313 e. The lowest BCUT2D eigenvalue weighted by Gasteiger charge is -2.34. The van der Waals surface area contributed by atoms with Crippen LogP contribution in [0.25, 0.3) is 0 Å². The average molecular weight is 259 g/mol. The summed E-state index contributed by atoms with van der Waals surface area (Å²) in [7, 11) is 2.12. The molecule has 0 amide bonds. The lowest BCUT2D eigenvalue weighted by atomic mass is 9.75. The van der Waals surface area contributed by atoms with Gasteiger partial charge in [0.15, 0.2) is 0 Å². The quantitative estimate of drug-likeness (QED) is 0.820. The maximum atomic E-state index is 3.58. The SMILES string of the molecule is CCC1CCC(C(NC)c2ccc(C)cc2C)CC1. The molecule has 1 aromatic rings. The predicted octanol–water partition coefficient (Wildman–Crippen LogP) is 4.78. The van der Waals surface area contributed by atoms with Gasteiger partial charge in [0.1, 0.15) is 0 Å². The topological polar surface area (TPSA) is 12.0 Å². The van der Waals surface area contributed by atoms with E-state index in [4.69, 9.17) is 0 Å². The molecule has 2 rings (SSSR count). The molecule has 1 fully saturated rings. The third-order valence-corrected chi connectivity index (χ3v) is 5.01. The number of rotatable bonds is 4. The van der Waals surface area contributed by atoms with Crippen molar-refractivity contribution in [2.24, 2.45) is 11.8 Å². The minimum Gasteiger partial charge on any atom is -0.313 e. The van der Waals surface area contributed by atoms with E-state index in [2.05, 4.69) is 51.3 Å². The molecule has 0 radical (unpaired) electrons. The molecule has 1 unspecified atom stereocenters. The van der Waals surface area contributed by atoms with E-state index in [1.165, 1.54) is 48.8 Å². The molecule has 0 bridgehead atoms. The van der Waals surface area contributed by atoms with Crippen molar-refractivity contribution in [2.45, 2.75) is 58.9 Å². The van der Waals surface area contributed by atoms with Crippen LogP contribution in [0, 0.1) is 25.7 Å². The first-order valence-corrected chi connectivity index (χ1v) is 7.90. The second kappa shape index (κ2) is 6.56. The first-order valence-electron chi connectivity index (χ1n) is 7.90. The van der Waals surface area contributed by atoms with E-state index in [0.29, 0.717) is 6.04 Å². The van der Waals surface area contributed by atoms with Gasteiger partial charge in [0.05, 0.1) is 0 Å². The van der Waals surface area contributed by atoms with Crippen LogP contribution in [0.15, 0.2) is 18.2 Å². The van der Waals surface area contributed by atoms with Crippen molar-refractivity contribution in [3.05, 3.63) is 34.9 Å². The van der Waals surface area contributed by atoms with E-state index >= 15 is 0 Å².